The molecule has 3 aromatic rings. The zero-order chi connectivity index (χ0) is 25.4. The van der Waals surface area contributed by atoms with Gasteiger partial charge in [-0.25, -0.2) is 8.78 Å². The highest BCUT2D eigenvalue weighted by molar-refractivity contribution is 6.49. The van der Waals surface area contributed by atoms with Gasteiger partial charge in [-0.2, -0.15) is 0 Å². The van der Waals surface area contributed by atoms with Gasteiger partial charge in [0, 0.05) is 23.4 Å². The van der Waals surface area contributed by atoms with Crippen LogP contribution >= 0.6 is 0 Å². The van der Waals surface area contributed by atoms with Crippen molar-refractivity contribution >= 4 is 38.5 Å². The number of aromatic hydroxyl groups is 1. The molecule has 0 aromatic heterocycles. The number of phenols is 1. The summed E-state index contributed by atoms with van der Waals surface area (Å²) in [5.41, 5.74) is 3.31. The molecule has 0 radical (unpaired) electrons. The van der Waals surface area contributed by atoms with Crippen LogP contribution in [0.3, 0.4) is 0 Å². The molecule has 34 heavy (non-hydrogen) atoms. The number of nitrogens with zero attached hydrogens (tertiary/aromatic N) is 1. The van der Waals surface area contributed by atoms with Crippen LogP contribution in [0.1, 0.15) is 58.2 Å². The molecular formula is C27H31B2F2NO2. The molecule has 0 aliphatic heterocycles. The minimum absolute atomic E-state index is 0.0332. The number of rotatable bonds is 4. The van der Waals surface area contributed by atoms with Crippen molar-refractivity contribution in [3.05, 3.63) is 70.8 Å². The molecule has 7 heteroatoms. The van der Waals surface area contributed by atoms with E-state index in [1.54, 1.807) is 46.2 Å². The van der Waals surface area contributed by atoms with Crippen LogP contribution in [-0.4, -0.2) is 27.0 Å². The first-order valence-corrected chi connectivity index (χ1v) is 11.3. The van der Waals surface area contributed by atoms with E-state index in [2.05, 4.69) is 46.5 Å². The average Bonchev–Trinajstić information content (AvgIpc) is 2.73. The van der Waals surface area contributed by atoms with E-state index in [4.69, 9.17) is 4.74 Å². The smallest absolute Gasteiger partial charge is 0.167 e. The summed E-state index contributed by atoms with van der Waals surface area (Å²) >= 11 is 0. The Morgan fingerprint density at radius 3 is 2.15 bits per heavy atom. The molecule has 0 heterocycles. The van der Waals surface area contributed by atoms with E-state index >= 15 is 0 Å². The third kappa shape index (κ3) is 5.35. The molecule has 0 aliphatic rings. The van der Waals surface area contributed by atoms with Crippen LogP contribution in [0.25, 0.3) is 0 Å². The van der Waals surface area contributed by atoms with Crippen molar-refractivity contribution in [2.24, 2.45) is 4.99 Å². The number of aliphatic imine (C=N–C) groups is 1. The lowest BCUT2D eigenvalue weighted by molar-refractivity contribution is 0.443. The highest BCUT2D eigenvalue weighted by atomic mass is 19.1. The van der Waals surface area contributed by atoms with Crippen LogP contribution in [0, 0.1) is 11.6 Å². The Morgan fingerprint density at radius 1 is 0.882 bits per heavy atom. The van der Waals surface area contributed by atoms with E-state index in [0.717, 1.165) is 17.2 Å². The number of halogens is 2. The number of hydrogen-bond acceptors (Lipinski definition) is 3. The van der Waals surface area contributed by atoms with E-state index in [-0.39, 0.29) is 22.3 Å². The summed E-state index contributed by atoms with van der Waals surface area (Å²) in [4.78, 5) is 4.57. The van der Waals surface area contributed by atoms with Crippen molar-refractivity contribution in [3.63, 3.8) is 0 Å². The summed E-state index contributed by atoms with van der Waals surface area (Å²) in [6, 6.07) is 11.8. The minimum atomic E-state index is -0.773. The second-order valence-electron chi connectivity index (χ2n) is 10.7. The van der Waals surface area contributed by atoms with Gasteiger partial charge in [0.05, 0.1) is 0 Å². The molecular weight excluding hydrogens is 430 g/mol. The number of phenolic OH excluding ortho intramolecular Hbond substituents is 1. The van der Waals surface area contributed by atoms with Gasteiger partial charge in [0.1, 0.15) is 32.9 Å². The standard InChI is InChI=1S/C27H31B2F2NO2/c1-26(2,3)16-11-15(24(33)17(12-16)27(4,5)6)14-32-20-9-7-8-10-21(20)34-25-19(31)13-18(30)22(28)23(25)29/h7-14,33H,28-29H2,1-6H3/b32-14+. The molecule has 176 valence electrons. The topological polar surface area (TPSA) is 41.8 Å². The van der Waals surface area contributed by atoms with Crippen molar-refractivity contribution in [1.29, 1.82) is 0 Å². The number of ether oxygens (including phenoxy) is 1. The van der Waals surface area contributed by atoms with E-state index in [9.17, 15) is 13.9 Å². The van der Waals surface area contributed by atoms with Crippen LogP contribution in [-0.2, 0) is 10.8 Å². The third-order valence-electron chi connectivity index (χ3n) is 5.97. The fraction of sp³-hybridized carbons (Fsp3) is 0.296. The molecule has 0 bridgehead atoms. The van der Waals surface area contributed by atoms with Crippen molar-refractivity contribution < 1.29 is 18.6 Å². The summed E-state index contributed by atoms with van der Waals surface area (Å²) in [6.45, 7) is 12.5. The van der Waals surface area contributed by atoms with Crippen molar-refractivity contribution in [2.45, 2.75) is 52.4 Å². The summed E-state index contributed by atoms with van der Waals surface area (Å²) in [5.74, 6) is -0.913. The van der Waals surface area contributed by atoms with E-state index in [0.29, 0.717) is 27.9 Å². The summed E-state index contributed by atoms with van der Waals surface area (Å²) in [6.07, 6.45) is 1.60. The van der Waals surface area contributed by atoms with E-state index in [1.807, 2.05) is 12.1 Å². The maximum atomic E-state index is 14.5. The second-order valence-corrected chi connectivity index (χ2v) is 10.7. The molecule has 0 atom stereocenters. The number of benzene rings is 3. The van der Waals surface area contributed by atoms with Gasteiger partial charge in [-0.1, -0.05) is 65.2 Å². The van der Waals surface area contributed by atoms with Gasteiger partial charge in [-0.15, -0.1) is 0 Å². The largest absolute Gasteiger partial charge is 0.507 e. The Labute approximate surface area is 202 Å². The molecule has 3 aromatic carbocycles. The van der Waals surface area contributed by atoms with Gasteiger partial charge in [0.15, 0.2) is 17.3 Å². The van der Waals surface area contributed by atoms with Gasteiger partial charge in [0.2, 0.25) is 0 Å². The van der Waals surface area contributed by atoms with E-state index < -0.39 is 11.6 Å². The molecule has 3 nitrogen and oxygen atoms in total. The highest BCUT2D eigenvalue weighted by Crippen LogP contribution is 2.38. The van der Waals surface area contributed by atoms with Crippen molar-refractivity contribution in [1.82, 2.24) is 0 Å². The Balaban J connectivity index is 2.07. The average molecular weight is 461 g/mol. The molecule has 0 saturated heterocycles. The Morgan fingerprint density at radius 2 is 1.53 bits per heavy atom. The van der Waals surface area contributed by atoms with Gasteiger partial charge < -0.3 is 9.84 Å². The molecule has 0 amide bonds. The first-order valence-electron chi connectivity index (χ1n) is 11.3. The lowest BCUT2D eigenvalue weighted by atomic mass is 9.79. The Bertz CT molecular complexity index is 1260. The fourth-order valence-electron chi connectivity index (χ4n) is 3.60. The maximum Gasteiger partial charge on any atom is 0.167 e. The van der Waals surface area contributed by atoms with Crippen LogP contribution in [0.4, 0.5) is 14.5 Å². The second kappa shape index (κ2) is 9.28. The molecule has 3 rings (SSSR count). The first-order chi connectivity index (χ1) is 15.7. The molecule has 0 saturated carbocycles. The first kappa shape index (κ1) is 25.5. The minimum Gasteiger partial charge on any atom is -0.507 e. The van der Waals surface area contributed by atoms with E-state index in [1.165, 1.54) is 0 Å². The summed E-state index contributed by atoms with van der Waals surface area (Å²) < 4.78 is 34.2. The normalized spacial score (nSPS) is 12.4. The predicted molar refractivity (Wildman–Crippen MR) is 142 cm³/mol. The fourth-order valence-corrected chi connectivity index (χ4v) is 3.60. The van der Waals surface area contributed by atoms with Gasteiger partial charge >= 0.3 is 0 Å². The monoisotopic (exact) mass is 461 g/mol. The van der Waals surface area contributed by atoms with Gasteiger partial charge in [-0.05, 0) is 40.1 Å². The van der Waals surface area contributed by atoms with Crippen LogP contribution in [0.5, 0.6) is 17.2 Å². The van der Waals surface area contributed by atoms with Crippen molar-refractivity contribution in [3.8, 4) is 17.2 Å². The molecule has 0 spiro atoms. The summed E-state index contributed by atoms with van der Waals surface area (Å²) in [5, 5.41) is 11.0. The lowest BCUT2D eigenvalue weighted by Gasteiger charge is -2.27. The molecule has 0 unspecified atom stereocenters. The van der Waals surface area contributed by atoms with Gasteiger partial charge in [0.25, 0.3) is 0 Å². The van der Waals surface area contributed by atoms with Crippen molar-refractivity contribution in [2.75, 3.05) is 0 Å². The maximum absolute atomic E-state index is 14.5. The van der Waals surface area contributed by atoms with Crippen LogP contribution < -0.4 is 15.7 Å². The molecule has 0 aliphatic carbocycles. The molecule has 1 N–H and O–H groups in total. The molecule has 0 fully saturated rings. The zero-order valence-electron chi connectivity index (χ0n) is 21.2. The zero-order valence-corrected chi connectivity index (χ0v) is 21.2. The SMILES string of the molecule is Bc1c(F)cc(F)c(Oc2ccccc2/N=C/c2cc(C(C)(C)C)cc(C(C)(C)C)c2O)c1B. The van der Waals surface area contributed by atoms with Crippen LogP contribution in [0.15, 0.2) is 47.5 Å². The highest BCUT2D eigenvalue weighted by Gasteiger charge is 2.24. The van der Waals surface area contributed by atoms with Gasteiger partial charge in [-0.3, -0.25) is 4.99 Å². The summed E-state index contributed by atoms with van der Waals surface area (Å²) in [7, 11) is 3.20. The Hall–Kier alpha value is -3.08. The quantitative estimate of drug-likeness (QED) is 0.465. The number of para-hydroxylation sites is 2. The van der Waals surface area contributed by atoms with Crippen LogP contribution in [0.2, 0.25) is 0 Å². The Kier molecular flexibility index (Phi) is 6.97. The predicted octanol–water partition coefficient (Wildman–Crippen LogP) is 4.33. The lowest BCUT2D eigenvalue weighted by Crippen LogP contribution is -2.31. The number of hydrogen-bond donors (Lipinski definition) is 1. The third-order valence-corrected chi connectivity index (χ3v) is 5.97.